The van der Waals surface area contributed by atoms with Crippen molar-refractivity contribution in [2.45, 2.75) is 86.0 Å². The number of hydrogen-bond acceptors (Lipinski definition) is 5. The molecule has 1 aliphatic rings. The number of guanidine groups is 1. The first kappa shape index (κ1) is 32.3. The molecule has 42 heavy (non-hydrogen) atoms. The zero-order valence-electron chi connectivity index (χ0n) is 25.7. The van der Waals surface area contributed by atoms with E-state index in [1.807, 2.05) is 32.1 Å². The predicted octanol–water partition coefficient (Wildman–Crippen LogP) is 7.07. The summed E-state index contributed by atoms with van der Waals surface area (Å²) < 4.78 is 25.4. The van der Waals surface area contributed by atoms with Crippen molar-refractivity contribution in [2.24, 2.45) is 4.99 Å². The second-order valence-corrected chi connectivity index (χ2v) is 12.1. The number of ether oxygens (including phenoxy) is 2. The van der Waals surface area contributed by atoms with Gasteiger partial charge in [-0.05, 0) is 102 Å². The summed E-state index contributed by atoms with van der Waals surface area (Å²) in [4.78, 5) is 43.8. The molecule has 0 spiro atoms. The Balaban J connectivity index is 1.81. The van der Waals surface area contributed by atoms with Crippen molar-refractivity contribution in [1.29, 1.82) is 0 Å². The fourth-order valence-corrected chi connectivity index (χ4v) is 4.36. The molecular formula is C32H41FN4O5. The number of hydrogen-bond donors (Lipinski definition) is 2. The van der Waals surface area contributed by atoms with Gasteiger partial charge < -0.3 is 19.7 Å². The Morgan fingerprint density at radius 1 is 1.00 bits per heavy atom. The van der Waals surface area contributed by atoms with Crippen LogP contribution in [0.25, 0.3) is 5.57 Å². The quantitative estimate of drug-likeness (QED) is 0.296. The molecule has 0 aliphatic carbocycles. The van der Waals surface area contributed by atoms with Crippen molar-refractivity contribution >= 4 is 35.3 Å². The van der Waals surface area contributed by atoms with E-state index in [1.54, 1.807) is 64.6 Å². The number of rotatable bonds is 4. The van der Waals surface area contributed by atoms with Gasteiger partial charge in [0.2, 0.25) is 5.96 Å². The molecule has 2 aromatic rings. The first-order valence-corrected chi connectivity index (χ1v) is 14.0. The summed E-state index contributed by atoms with van der Waals surface area (Å²) in [6.45, 7) is 15.0. The lowest BCUT2D eigenvalue weighted by molar-refractivity contribution is 0.0553. The SMILES string of the molecule is CC/C=C(\C)c1ccc(C(=O)Nc2ccc3c(c2)CN(/C(=N\C(=O)OC(C)(C)C)NC(=O)OC(C)(C)C)CC3)cc1F. The maximum absolute atomic E-state index is 14.7. The van der Waals surface area contributed by atoms with Crippen LogP contribution >= 0.6 is 0 Å². The average molecular weight is 581 g/mol. The van der Waals surface area contributed by atoms with Crippen molar-refractivity contribution in [3.8, 4) is 0 Å². The lowest BCUT2D eigenvalue weighted by Gasteiger charge is -2.32. The summed E-state index contributed by atoms with van der Waals surface area (Å²) in [5.41, 5.74) is 2.40. The minimum absolute atomic E-state index is 0.00145. The van der Waals surface area contributed by atoms with Crippen molar-refractivity contribution in [3.63, 3.8) is 0 Å². The van der Waals surface area contributed by atoms with Gasteiger partial charge in [-0.1, -0.05) is 25.1 Å². The predicted molar refractivity (Wildman–Crippen MR) is 162 cm³/mol. The Labute approximate surface area is 247 Å². The van der Waals surface area contributed by atoms with E-state index in [0.717, 1.165) is 23.1 Å². The molecule has 0 unspecified atom stereocenters. The minimum Gasteiger partial charge on any atom is -0.444 e. The van der Waals surface area contributed by atoms with E-state index in [2.05, 4.69) is 15.6 Å². The Bertz CT molecular complexity index is 1400. The lowest BCUT2D eigenvalue weighted by atomic mass is 9.99. The highest BCUT2D eigenvalue weighted by molar-refractivity contribution is 6.04. The van der Waals surface area contributed by atoms with Crippen LogP contribution in [-0.4, -0.2) is 46.7 Å². The van der Waals surface area contributed by atoms with Crippen LogP contribution in [0.3, 0.4) is 0 Å². The van der Waals surface area contributed by atoms with Gasteiger partial charge in [0, 0.05) is 29.9 Å². The Morgan fingerprint density at radius 3 is 2.31 bits per heavy atom. The van der Waals surface area contributed by atoms with Crippen LogP contribution in [0.2, 0.25) is 0 Å². The molecule has 1 heterocycles. The number of halogens is 1. The number of anilines is 1. The van der Waals surface area contributed by atoms with Gasteiger partial charge in [-0.25, -0.2) is 14.0 Å². The second kappa shape index (κ2) is 13.2. The molecule has 0 saturated carbocycles. The third-order valence-corrected chi connectivity index (χ3v) is 6.15. The van der Waals surface area contributed by atoms with Crippen LogP contribution in [0.1, 0.15) is 88.9 Å². The topological polar surface area (TPSA) is 109 Å². The average Bonchev–Trinajstić information content (AvgIpc) is 2.85. The molecule has 9 nitrogen and oxygen atoms in total. The number of benzene rings is 2. The Hall–Kier alpha value is -4.21. The molecule has 3 amide bonds. The standard InChI is InChI=1S/C32H41FN4O5/c1-9-10-20(2)25-14-12-22(18-26(25)33)27(38)34-24-13-11-21-15-16-37(19-23(21)17-24)28(35-29(39)41-31(3,4)5)36-30(40)42-32(6,7)8/h10-14,17-18H,9,15-16,19H2,1-8H3,(H,34,38)(H,35,36,39,40)/b20-10+. The van der Waals surface area contributed by atoms with Crippen molar-refractivity contribution in [1.82, 2.24) is 10.2 Å². The summed E-state index contributed by atoms with van der Waals surface area (Å²) in [5, 5.41) is 5.43. The molecule has 0 saturated heterocycles. The first-order chi connectivity index (χ1) is 19.5. The van der Waals surface area contributed by atoms with E-state index in [4.69, 9.17) is 9.47 Å². The number of carbonyl (C=O) groups excluding carboxylic acids is 3. The molecule has 1 aliphatic heterocycles. The van der Waals surface area contributed by atoms with Gasteiger partial charge >= 0.3 is 12.2 Å². The Morgan fingerprint density at radius 2 is 1.69 bits per heavy atom. The number of fused-ring (bicyclic) bond motifs is 1. The van der Waals surface area contributed by atoms with Crippen molar-refractivity contribution in [3.05, 3.63) is 70.5 Å². The number of aliphatic imine (C=N–C) groups is 1. The maximum Gasteiger partial charge on any atom is 0.437 e. The summed E-state index contributed by atoms with van der Waals surface area (Å²) in [6.07, 6.45) is 1.72. The molecule has 10 heteroatoms. The zero-order chi connectivity index (χ0) is 31.2. The first-order valence-electron chi connectivity index (χ1n) is 14.0. The van der Waals surface area contributed by atoms with E-state index in [1.165, 1.54) is 6.07 Å². The molecule has 0 bridgehead atoms. The lowest BCUT2D eigenvalue weighted by Crippen LogP contribution is -2.48. The molecule has 3 rings (SSSR count). The second-order valence-electron chi connectivity index (χ2n) is 12.1. The monoisotopic (exact) mass is 580 g/mol. The van der Waals surface area contributed by atoms with Crippen LogP contribution in [0, 0.1) is 5.82 Å². The highest BCUT2D eigenvalue weighted by atomic mass is 19.1. The van der Waals surface area contributed by atoms with Crippen molar-refractivity contribution < 1.29 is 28.2 Å². The van der Waals surface area contributed by atoms with Crippen LogP contribution in [0.4, 0.5) is 19.7 Å². The molecule has 2 N–H and O–H groups in total. The van der Waals surface area contributed by atoms with Gasteiger partial charge in [0.05, 0.1) is 0 Å². The van der Waals surface area contributed by atoms with E-state index >= 15 is 0 Å². The van der Waals surface area contributed by atoms with E-state index in [0.29, 0.717) is 30.8 Å². The smallest absolute Gasteiger partial charge is 0.437 e. The van der Waals surface area contributed by atoms with Gasteiger partial charge in [-0.3, -0.25) is 10.1 Å². The van der Waals surface area contributed by atoms with E-state index < -0.39 is 35.1 Å². The number of nitrogens with zero attached hydrogens (tertiary/aromatic N) is 2. The van der Waals surface area contributed by atoms with Crippen LogP contribution in [0.15, 0.2) is 47.5 Å². The van der Waals surface area contributed by atoms with Crippen LogP contribution in [0.5, 0.6) is 0 Å². The summed E-state index contributed by atoms with van der Waals surface area (Å²) in [5.74, 6) is -0.897. The summed E-state index contributed by atoms with van der Waals surface area (Å²) in [6, 6.07) is 9.97. The molecule has 0 atom stereocenters. The normalized spacial score (nSPS) is 14.2. The fraction of sp³-hybridized carbons (Fsp3) is 0.438. The molecule has 2 aromatic carbocycles. The van der Waals surface area contributed by atoms with Gasteiger partial charge in [0.25, 0.3) is 5.91 Å². The third-order valence-electron chi connectivity index (χ3n) is 6.15. The maximum atomic E-state index is 14.7. The molecule has 0 radical (unpaired) electrons. The largest absolute Gasteiger partial charge is 0.444 e. The fourth-order valence-electron chi connectivity index (χ4n) is 4.36. The highest BCUT2D eigenvalue weighted by Crippen LogP contribution is 2.25. The third kappa shape index (κ3) is 9.43. The minimum atomic E-state index is -0.848. The van der Waals surface area contributed by atoms with Crippen LogP contribution < -0.4 is 10.6 Å². The summed E-state index contributed by atoms with van der Waals surface area (Å²) in [7, 11) is 0. The molecular weight excluding hydrogens is 539 g/mol. The zero-order valence-corrected chi connectivity index (χ0v) is 25.7. The van der Waals surface area contributed by atoms with Crippen molar-refractivity contribution in [2.75, 3.05) is 11.9 Å². The van der Waals surface area contributed by atoms with Gasteiger partial charge in [0.15, 0.2) is 0 Å². The number of carbonyl (C=O) groups is 3. The molecule has 226 valence electrons. The van der Waals surface area contributed by atoms with Gasteiger partial charge in [-0.15, -0.1) is 4.99 Å². The highest BCUT2D eigenvalue weighted by Gasteiger charge is 2.26. The van der Waals surface area contributed by atoms with Gasteiger partial charge in [0.1, 0.15) is 17.0 Å². The van der Waals surface area contributed by atoms with E-state index in [-0.39, 0.29) is 11.5 Å². The number of amides is 3. The van der Waals surface area contributed by atoms with Gasteiger partial charge in [-0.2, -0.15) is 0 Å². The number of nitrogens with one attached hydrogen (secondary N) is 2. The van der Waals surface area contributed by atoms with Crippen LogP contribution in [-0.2, 0) is 22.4 Å². The number of allylic oxidation sites excluding steroid dienone is 2. The number of alkyl carbamates (subject to hydrolysis) is 1. The summed E-state index contributed by atoms with van der Waals surface area (Å²) >= 11 is 0. The van der Waals surface area contributed by atoms with E-state index in [9.17, 15) is 18.8 Å². The Kier molecular flexibility index (Phi) is 10.1. The molecule has 0 aromatic heterocycles. The molecule has 0 fully saturated rings.